The summed E-state index contributed by atoms with van der Waals surface area (Å²) < 4.78 is 6.26. The van der Waals surface area contributed by atoms with Gasteiger partial charge in [-0.2, -0.15) is 5.26 Å². The van der Waals surface area contributed by atoms with E-state index in [9.17, 15) is 0 Å². The fourth-order valence-corrected chi connectivity index (χ4v) is 2.14. The number of hydrogen-bond acceptors (Lipinski definition) is 3. The monoisotopic (exact) mass is 304 g/mol. The van der Waals surface area contributed by atoms with E-state index in [4.69, 9.17) is 9.68 Å². The first kappa shape index (κ1) is 12.7. The molecule has 1 atom stereocenters. The van der Waals surface area contributed by atoms with E-state index in [1.807, 2.05) is 24.3 Å². The van der Waals surface area contributed by atoms with Gasteiger partial charge in [0.15, 0.2) is 0 Å². The first-order chi connectivity index (χ1) is 8.69. The molecule has 2 aromatic rings. The molecule has 92 valence electrons. The summed E-state index contributed by atoms with van der Waals surface area (Å²) in [5.41, 5.74) is 1.48. The fourth-order valence-electron chi connectivity index (χ4n) is 1.78. The van der Waals surface area contributed by atoms with Gasteiger partial charge in [0.2, 0.25) is 0 Å². The van der Waals surface area contributed by atoms with Crippen LogP contribution in [0.25, 0.3) is 0 Å². The van der Waals surface area contributed by atoms with E-state index in [0.29, 0.717) is 5.56 Å². The lowest BCUT2D eigenvalue weighted by Gasteiger charge is -2.15. The molecule has 1 heterocycles. The quantitative estimate of drug-likeness (QED) is 0.930. The van der Waals surface area contributed by atoms with E-state index in [0.717, 1.165) is 22.3 Å². The predicted octanol–water partition coefficient (Wildman–Crippen LogP) is 3.96. The molecule has 0 radical (unpaired) electrons. The van der Waals surface area contributed by atoms with Crippen molar-refractivity contribution in [1.29, 1.82) is 5.26 Å². The van der Waals surface area contributed by atoms with E-state index in [1.165, 1.54) is 0 Å². The molecule has 4 heteroatoms. The second kappa shape index (κ2) is 5.74. The van der Waals surface area contributed by atoms with Crippen LogP contribution in [-0.2, 0) is 6.42 Å². The lowest BCUT2D eigenvalue weighted by molar-refractivity contribution is 0.498. The van der Waals surface area contributed by atoms with Crippen molar-refractivity contribution in [2.45, 2.75) is 19.4 Å². The molecule has 0 aliphatic rings. The first-order valence-electron chi connectivity index (χ1n) is 5.67. The number of nitrogens with one attached hydrogen (secondary N) is 1. The van der Waals surface area contributed by atoms with Gasteiger partial charge in [-0.15, -0.1) is 0 Å². The Kier molecular flexibility index (Phi) is 4.06. The Morgan fingerprint density at radius 2 is 2.28 bits per heavy atom. The number of anilines is 1. The van der Waals surface area contributed by atoms with Crippen molar-refractivity contribution in [3.05, 3.63) is 52.4 Å². The third-order valence-corrected chi connectivity index (χ3v) is 3.08. The van der Waals surface area contributed by atoms with Crippen LogP contribution in [-0.4, -0.2) is 6.04 Å². The van der Waals surface area contributed by atoms with E-state index < -0.39 is 0 Å². The highest BCUT2D eigenvalue weighted by Gasteiger charge is 2.09. The zero-order valence-electron chi connectivity index (χ0n) is 9.98. The van der Waals surface area contributed by atoms with Gasteiger partial charge in [-0.1, -0.05) is 15.9 Å². The second-order valence-electron chi connectivity index (χ2n) is 4.13. The van der Waals surface area contributed by atoms with Gasteiger partial charge < -0.3 is 9.73 Å². The maximum absolute atomic E-state index is 9.06. The van der Waals surface area contributed by atoms with Gasteiger partial charge in [0.1, 0.15) is 11.8 Å². The van der Waals surface area contributed by atoms with Gasteiger partial charge >= 0.3 is 0 Å². The molecule has 0 bridgehead atoms. The Balaban J connectivity index is 2.09. The Morgan fingerprint density at radius 3 is 2.94 bits per heavy atom. The number of halogens is 1. The minimum Gasteiger partial charge on any atom is -0.469 e. The molecule has 3 nitrogen and oxygen atoms in total. The average molecular weight is 305 g/mol. The highest BCUT2D eigenvalue weighted by molar-refractivity contribution is 9.10. The van der Waals surface area contributed by atoms with E-state index in [-0.39, 0.29) is 6.04 Å². The number of benzene rings is 1. The Morgan fingerprint density at radius 1 is 1.44 bits per heavy atom. The van der Waals surface area contributed by atoms with Crippen molar-refractivity contribution in [3.63, 3.8) is 0 Å². The van der Waals surface area contributed by atoms with Gasteiger partial charge in [0, 0.05) is 16.9 Å². The van der Waals surface area contributed by atoms with Crippen LogP contribution in [0.4, 0.5) is 5.69 Å². The minimum atomic E-state index is 0.192. The third kappa shape index (κ3) is 3.14. The average Bonchev–Trinajstić information content (AvgIpc) is 2.82. The number of rotatable bonds is 4. The molecule has 0 aliphatic heterocycles. The predicted molar refractivity (Wildman–Crippen MR) is 74.4 cm³/mol. The standard InChI is InChI=1S/C14H13BrN2O/c1-10(7-13-3-2-6-18-13)17-14-8-12(15)5-4-11(14)9-16/h2-6,8,10,17H,7H2,1H3. The summed E-state index contributed by atoms with van der Waals surface area (Å²) in [4.78, 5) is 0. The van der Waals surface area contributed by atoms with Gasteiger partial charge in [-0.25, -0.2) is 0 Å². The lowest BCUT2D eigenvalue weighted by Crippen LogP contribution is -2.18. The minimum absolute atomic E-state index is 0.192. The van der Waals surface area contributed by atoms with Gasteiger partial charge in [-0.3, -0.25) is 0 Å². The van der Waals surface area contributed by atoms with Crippen LogP contribution in [0.2, 0.25) is 0 Å². The van der Waals surface area contributed by atoms with Crippen molar-refractivity contribution >= 4 is 21.6 Å². The molecule has 0 amide bonds. The SMILES string of the molecule is CC(Cc1ccco1)Nc1cc(Br)ccc1C#N. The second-order valence-corrected chi connectivity index (χ2v) is 5.05. The maximum Gasteiger partial charge on any atom is 0.105 e. The number of hydrogen-bond donors (Lipinski definition) is 1. The topological polar surface area (TPSA) is 49.0 Å². The first-order valence-corrected chi connectivity index (χ1v) is 6.47. The van der Waals surface area contributed by atoms with Crippen LogP contribution < -0.4 is 5.32 Å². The van der Waals surface area contributed by atoms with Gasteiger partial charge in [-0.05, 0) is 37.3 Å². The van der Waals surface area contributed by atoms with Gasteiger partial charge in [0.25, 0.3) is 0 Å². The van der Waals surface area contributed by atoms with Crippen LogP contribution in [0.15, 0.2) is 45.5 Å². The zero-order chi connectivity index (χ0) is 13.0. The molecule has 1 aromatic heterocycles. The lowest BCUT2D eigenvalue weighted by atomic mass is 10.1. The molecule has 0 fully saturated rings. The van der Waals surface area contributed by atoms with Crippen molar-refractivity contribution in [2.75, 3.05) is 5.32 Å². The highest BCUT2D eigenvalue weighted by atomic mass is 79.9. The molecular weight excluding hydrogens is 292 g/mol. The molecule has 2 rings (SSSR count). The van der Waals surface area contributed by atoms with Crippen molar-refractivity contribution in [1.82, 2.24) is 0 Å². The normalized spacial score (nSPS) is 11.8. The van der Waals surface area contributed by atoms with Crippen LogP contribution >= 0.6 is 15.9 Å². The van der Waals surface area contributed by atoms with Crippen LogP contribution in [0.3, 0.4) is 0 Å². The number of furan rings is 1. The van der Waals surface area contributed by atoms with E-state index in [2.05, 4.69) is 34.2 Å². The van der Waals surface area contributed by atoms with Crippen molar-refractivity contribution < 1.29 is 4.42 Å². The van der Waals surface area contributed by atoms with E-state index in [1.54, 1.807) is 12.3 Å². The Bertz CT molecular complexity index is 558. The van der Waals surface area contributed by atoms with Crippen LogP contribution in [0, 0.1) is 11.3 Å². The molecule has 0 aliphatic carbocycles. The van der Waals surface area contributed by atoms with Crippen LogP contribution in [0.5, 0.6) is 0 Å². The zero-order valence-corrected chi connectivity index (χ0v) is 11.6. The Hall–Kier alpha value is -1.73. The van der Waals surface area contributed by atoms with Gasteiger partial charge in [0.05, 0.1) is 17.5 Å². The summed E-state index contributed by atoms with van der Waals surface area (Å²) in [5.74, 6) is 0.934. The van der Waals surface area contributed by atoms with Crippen LogP contribution in [0.1, 0.15) is 18.2 Å². The summed E-state index contributed by atoms with van der Waals surface area (Å²) in [6, 6.07) is 11.8. The maximum atomic E-state index is 9.06. The summed E-state index contributed by atoms with van der Waals surface area (Å²) in [7, 11) is 0. The molecular formula is C14H13BrN2O. The number of nitrogens with zero attached hydrogens (tertiary/aromatic N) is 1. The van der Waals surface area contributed by atoms with E-state index >= 15 is 0 Å². The molecule has 1 unspecified atom stereocenters. The summed E-state index contributed by atoms with van der Waals surface area (Å²) >= 11 is 3.41. The molecule has 0 saturated carbocycles. The van der Waals surface area contributed by atoms with Crippen molar-refractivity contribution in [3.8, 4) is 6.07 Å². The summed E-state index contributed by atoms with van der Waals surface area (Å²) in [6.45, 7) is 2.06. The molecule has 1 N–H and O–H groups in total. The third-order valence-electron chi connectivity index (χ3n) is 2.59. The molecule has 1 aromatic carbocycles. The largest absolute Gasteiger partial charge is 0.469 e. The molecule has 0 spiro atoms. The van der Waals surface area contributed by atoms with Crippen molar-refractivity contribution in [2.24, 2.45) is 0 Å². The number of nitriles is 1. The highest BCUT2D eigenvalue weighted by Crippen LogP contribution is 2.22. The summed E-state index contributed by atoms with van der Waals surface area (Å²) in [6.07, 6.45) is 2.45. The smallest absolute Gasteiger partial charge is 0.105 e. The fraction of sp³-hybridized carbons (Fsp3) is 0.214. The Labute approximate surface area is 115 Å². The molecule has 0 saturated heterocycles. The summed E-state index contributed by atoms with van der Waals surface area (Å²) in [5, 5.41) is 12.4. The molecule has 18 heavy (non-hydrogen) atoms.